The molecule has 1 rings (SSSR count). The molecule has 3 N–H and O–H groups in total. The van der Waals surface area contributed by atoms with Crippen LogP contribution in [0, 0.1) is 11.3 Å². The summed E-state index contributed by atoms with van der Waals surface area (Å²) in [6.07, 6.45) is 5.21. The minimum atomic E-state index is -0.558. The first kappa shape index (κ1) is 15.4. The van der Waals surface area contributed by atoms with Crippen molar-refractivity contribution in [3.63, 3.8) is 0 Å². The summed E-state index contributed by atoms with van der Waals surface area (Å²) < 4.78 is 0. The zero-order valence-electron chi connectivity index (χ0n) is 12.2. The molecule has 0 aliphatic heterocycles. The molecular formula is C14H24N4O. The van der Waals surface area contributed by atoms with Crippen molar-refractivity contribution < 1.29 is 4.79 Å². The summed E-state index contributed by atoms with van der Waals surface area (Å²) in [6, 6.07) is 0. The van der Waals surface area contributed by atoms with E-state index in [4.69, 9.17) is 5.73 Å². The second-order valence-corrected chi connectivity index (χ2v) is 6.24. The number of amides is 1. The molecule has 0 bridgehead atoms. The van der Waals surface area contributed by atoms with Crippen LogP contribution in [0.1, 0.15) is 51.0 Å². The van der Waals surface area contributed by atoms with Crippen LogP contribution < -0.4 is 11.1 Å². The highest BCUT2D eigenvalue weighted by Crippen LogP contribution is 2.25. The van der Waals surface area contributed by atoms with Gasteiger partial charge in [0.25, 0.3) is 5.91 Å². The third kappa shape index (κ3) is 6.18. The Morgan fingerprint density at radius 1 is 1.42 bits per heavy atom. The monoisotopic (exact) mass is 264 g/mol. The minimum Gasteiger partial charge on any atom is -0.369 e. The van der Waals surface area contributed by atoms with Gasteiger partial charge in [-0.15, -0.1) is 0 Å². The molecule has 106 valence electrons. The Morgan fingerprint density at radius 3 is 2.68 bits per heavy atom. The molecule has 0 fully saturated rings. The second kappa shape index (κ2) is 6.50. The summed E-state index contributed by atoms with van der Waals surface area (Å²) >= 11 is 0. The van der Waals surface area contributed by atoms with Crippen LogP contribution in [0.3, 0.4) is 0 Å². The number of hydrogen-bond donors (Lipinski definition) is 2. The van der Waals surface area contributed by atoms with E-state index in [-0.39, 0.29) is 5.69 Å². The quantitative estimate of drug-likeness (QED) is 0.827. The smallest absolute Gasteiger partial charge is 0.268 e. The average Bonchev–Trinajstić information content (AvgIpc) is 2.27. The number of anilines is 1. The molecule has 0 spiro atoms. The van der Waals surface area contributed by atoms with Crippen LogP contribution in [0.2, 0.25) is 0 Å². The molecule has 19 heavy (non-hydrogen) atoms. The van der Waals surface area contributed by atoms with Gasteiger partial charge in [0.2, 0.25) is 0 Å². The first-order valence-corrected chi connectivity index (χ1v) is 6.63. The Balaban J connectivity index is 2.41. The van der Waals surface area contributed by atoms with Crippen LogP contribution in [0.4, 0.5) is 5.82 Å². The molecule has 1 amide bonds. The van der Waals surface area contributed by atoms with Gasteiger partial charge in [0, 0.05) is 6.54 Å². The lowest BCUT2D eigenvalue weighted by Crippen LogP contribution is -2.16. The number of hydrogen-bond acceptors (Lipinski definition) is 4. The van der Waals surface area contributed by atoms with Crippen molar-refractivity contribution in [3.8, 4) is 0 Å². The Kier molecular flexibility index (Phi) is 5.27. The van der Waals surface area contributed by atoms with E-state index < -0.39 is 5.91 Å². The maximum absolute atomic E-state index is 11.0. The van der Waals surface area contributed by atoms with E-state index in [1.165, 1.54) is 12.6 Å². The van der Waals surface area contributed by atoms with E-state index in [9.17, 15) is 4.79 Å². The van der Waals surface area contributed by atoms with Gasteiger partial charge in [-0.05, 0) is 24.2 Å². The maximum Gasteiger partial charge on any atom is 0.268 e. The molecule has 0 radical (unpaired) electrons. The van der Waals surface area contributed by atoms with Crippen molar-refractivity contribution in [1.82, 2.24) is 9.97 Å². The van der Waals surface area contributed by atoms with E-state index in [0.717, 1.165) is 13.0 Å². The Hall–Kier alpha value is -1.65. The molecule has 1 heterocycles. The van der Waals surface area contributed by atoms with Gasteiger partial charge in [-0.2, -0.15) is 0 Å². The van der Waals surface area contributed by atoms with E-state index in [1.54, 1.807) is 6.20 Å². The van der Waals surface area contributed by atoms with Gasteiger partial charge in [0.15, 0.2) is 0 Å². The van der Waals surface area contributed by atoms with E-state index >= 15 is 0 Å². The van der Waals surface area contributed by atoms with Crippen LogP contribution in [0.5, 0.6) is 0 Å². The number of carbonyl (C=O) groups is 1. The van der Waals surface area contributed by atoms with Gasteiger partial charge in [-0.25, -0.2) is 4.98 Å². The summed E-state index contributed by atoms with van der Waals surface area (Å²) in [6.45, 7) is 9.81. The molecule has 1 atom stereocenters. The zero-order valence-corrected chi connectivity index (χ0v) is 12.2. The van der Waals surface area contributed by atoms with Crippen LogP contribution in [-0.4, -0.2) is 22.4 Å². The summed E-state index contributed by atoms with van der Waals surface area (Å²) in [5.41, 5.74) is 5.70. The standard InChI is InChI=1S/C14H24N4O/c1-10(7-14(2,3)4)5-6-17-12-9-16-8-11(18-12)13(15)19/h8-10H,5-7H2,1-4H3,(H2,15,19)(H,17,18). The van der Waals surface area contributed by atoms with Crippen LogP contribution >= 0.6 is 0 Å². The fourth-order valence-electron chi connectivity index (χ4n) is 2.16. The molecular weight excluding hydrogens is 240 g/mol. The molecule has 0 saturated heterocycles. The summed E-state index contributed by atoms with van der Waals surface area (Å²) in [5.74, 6) is 0.677. The van der Waals surface area contributed by atoms with Gasteiger partial charge in [0.1, 0.15) is 11.5 Å². The number of carbonyl (C=O) groups excluding carboxylic acids is 1. The second-order valence-electron chi connectivity index (χ2n) is 6.24. The highest BCUT2D eigenvalue weighted by atomic mass is 16.1. The lowest BCUT2D eigenvalue weighted by atomic mass is 9.84. The molecule has 5 nitrogen and oxygen atoms in total. The van der Waals surface area contributed by atoms with E-state index in [1.807, 2.05) is 0 Å². The fourth-order valence-corrected chi connectivity index (χ4v) is 2.16. The molecule has 0 saturated carbocycles. The number of primary amides is 1. The van der Waals surface area contributed by atoms with Crippen molar-refractivity contribution in [2.45, 2.75) is 40.5 Å². The predicted octanol–water partition coefficient (Wildman–Crippen LogP) is 2.45. The average molecular weight is 264 g/mol. The lowest BCUT2D eigenvalue weighted by Gasteiger charge is -2.23. The number of rotatable bonds is 6. The summed E-state index contributed by atoms with van der Waals surface area (Å²) in [7, 11) is 0. The van der Waals surface area contributed by atoms with Crippen LogP contribution in [-0.2, 0) is 0 Å². The molecule has 0 aliphatic rings. The van der Waals surface area contributed by atoms with E-state index in [2.05, 4.69) is 43.0 Å². The Labute approximate surface area is 115 Å². The zero-order chi connectivity index (χ0) is 14.5. The van der Waals surface area contributed by atoms with Crippen molar-refractivity contribution in [3.05, 3.63) is 18.1 Å². The normalized spacial score (nSPS) is 13.1. The molecule has 0 aromatic carbocycles. The van der Waals surface area contributed by atoms with Gasteiger partial charge in [-0.1, -0.05) is 27.7 Å². The van der Waals surface area contributed by atoms with Crippen molar-refractivity contribution >= 4 is 11.7 Å². The highest BCUT2D eigenvalue weighted by molar-refractivity contribution is 5.90. The third-order valence-electron chi connectivity index (χ3n) is 2.79. The third-order valence-corrected chi connectivity index (χ3v) is 2.79. The Bertz CT molecular complexity index is 426. The largest absolute Gasteiger partial charge is 0.369 e. The van der Waals surface area contributed by atoms with Gasteiger partial charge in [0.05, 0.1) is 12.4 Å². The summed E-state index contributed by atoms with van der Waals surface area (Å²) in [4.78, 5) is 19.0. The van der Waals surface area contributed by atoms with Crippen LogP contribution in [0.25, 0.3) is 0 Å². The van der Waals surface area contributed by atoms with Crippen molar-refractivity contribution in [2.24, 2.45) is 17.1 Å². The molecule has 1 aromatic heterocycles. The molecule has 1 unspecified atom stereocenters. The number of nitrogens with zero attached hydrogens (tertiary/aromatic N) is 2. The molecule has 0 aliphatic carbocycles. The van der Waals surface area contributed by atoms with Gasteiger partial charge >= 0.3 is 0 Å². The van der Waals surface area contributed by atoms with Gasteiger partial charge < -0.3 is 11.1 Å². The highest BCUT2D eigenvalue weighted by Gasteiger charge is 2.14. The summed E-state index contributed by atoms with van der Waals surface area (Å²) in [5, 5.41) is 3.18. The molecule has 1 aromatic rings. The first-order chi connectivity index (χ1) is 8.78. The predicted molar refractivity (Wildman–Crippen MR) is 76.9 cm³/mol. The molecule has 5 heteroatoms. The first-order valence-electron chi connectivity index (χ1n) is 6.63. The SMILES string of the molecule is CC(CCNc1cncc(C(N)=O)n1)CC(C)(C)C. The fraction of sp³-hybridized carbons (Fsp3) is 0.643. The van der Waals surface area contributed by atoms with Gasteiger partial charge in [-0.3, -0.25) is 9.78 Å². The van der Waals surface area contributed by atoms with Crippen molar-refractivity contribution in [1.29, 1.82) is 0 Å². The number of aromatic nitrogens is 2. The lowest BCUT2D eigenvalue weighted by molar-refractivity contribution is 0.0995. The van der Waals surface area contributed by atoms with Crippen LogP contribution in [0.15, 0.2) is 12.4 Å². The van der Waals surface area contributed by atoms with E-state index in [0.29, 0.717) is 17.2 Å². The van der Waals surface area contributed by atoms with Crippen molar-refractivity contribution in [2.75, 3.05) is 11.9 Å². The minimum absolute atomic E-state index is 0.188. The number of nitrogens with one attached hydrogen (secondary N) is 1. The topological polar surface area (TPSA) is 80.9 Å². The number of nitrogens with two attached hydrogens (primary N) is 1. The Morgan fingerprint density at radius 2 is 2.11 bits per heavy atom. The maximum atomic E-state index is 11.0.